The van der Waals surface area contributed by atoms with E-state index < -0.39 is 0 Å². The molecule has 0 aromatic heterocycles. The third-order valence-corrected chi connectivity index (χ3v) is 7.26. The van der Waals surface area contributed by atoms with Gasteiger partial charge in [-0.3, -0.25) is 9.59 Å². The predicted octanol–water partition coefficient (Wildman–Crippen LogP) is 11.1. The topological polar surface area (TPSA) is 34.1 Å². The predicted molar refractivity (Wildman–Crippen MR) is 151 cm³/mol. The van der Waals surface area contributed by atoms with Crippen LogP contribution in [0, 0.1) is 0 Å². The minimum Gasteiger partial charge on any atom is -0.299 e. The van der Waals surface area contributed by atoms with Crippen molar-refractivity contribution in [2.75, 3.05) is 0 Å². The normalized spacial score (nSPS) is 11.2. The van der Waals surface area contributed by atoms with Gasteiger partial charge in [0.05, 0.1) is 6.42 Å². The Morgan fingerprint density at radius 1 is 0.324 bits per heavy atom. The van der Waals surface area contributed by atoms with Crippen LogP contribution < -0.4 is 0 Å². The molecule has 0 rings (SSSR count). The molecule has 0 fully saturated rings. The molecular formula is C32H62O2. The lowest BCUT2D eigenvalue weighted by Crippen LogP contribution is -2.07. The van der Waals surface area contributed by atoms with Gasteiger partial charge in [-0.25, -0.2) is 0 Å². The fourth-order valence-corrected chi connectivity index (χ4v) is 4.90. The molecule has 0 bridgehead atoms. The average molecular weight is 479 g/mol. The standard InChI is InChI=1S/C32H62O2/c1-3-5-7-9-11-12-13-14-15-16-17-18-19-20-21-23-25-27-29-32(34)30-31(33)28-26-24-22-10-8-6-4-2/h3-30H2,1-2H3. The van der Waals surface area contributed by atoms with E-state index in [1.54, 1.807) is 0 Å². The zero-order valence-electron chi connectivity index (χ0n) is 23.6. The molecule has 0 saturated heterocycles. The van der Waals surface area contributed by atoms with Crippen LogP contribution in [0.1, 0.15) is 194 Å². The van der Waals surface area contributed by atoms with Crippen LogP contribution in [0.2, 0.25) is 0 Å². The summed E-state index contributed by atoms with van der Waals surface area (Å²) in [6.45, 7) is 4.52. The summed E-state index contributed by atoms with van der Waals surface area (Å²) in [6.07, 6.45) is 34.5. The van der Waals surface area contributed by atoms with Gasteiger partial charge in [0.25, 0.3) is 0 Å². The maximum absolute atomic E-state index is 12.0. The van der Waals surface area contributed by atoms with E-state index in [1.807, 2.05) is 0 Å². The Morgan fingerprint density at radius 2 is 0.529 bits per heavy atom. The fraction of sp³-hybridized carbons (Fsp3) is 0.938. The summed E-state index contributed by atoms with van der Waals surface area (Å²) in [7, 11) is 0. The number of carbonyl (C=O) groups is 2. The molecule has 2 heteroatoms. The molecule has 2 nitrogen and oxygen atoms in total. The largest absolute Gasteiger partial charge is 0.299 e. The van der Waals surface area contributed by atoms with Crippen LogP contribution in [0.5, 0.6) is 0 Å². The first-order chi connectivity index (χ1) is 16.7. The van der Waals surface area contributed by atoms with Crippen LogP contribution >= 0.6 is 0 Å². The van der Waals surface area contributed by atoms with E-state index >= 15 is 0 Å². The second kappa shape index (κ2) is 28.6. The molecule has 0 spiro atoms. The maximum atomic E-state index is 12.0. The van der Waals surface area contributed by atoms with Crippen LogP contribution in [0.25, 0.3) is 0 Å². The number of hydrogen-bond donors (Lipinski definition) is 0. The van der Waals surface area contributed by atoms with Gasteiger partial charge < -0.3 is 0 Å². The zero-order chi connectivity index (χ0) is 25.0. The number of carbonyl (C=O) groups excluding carboxylic acids is 2. The molecule has 0 heterocycles. The molecule has 0 N–H and O–H groups in total. The summed E-state index contributed by atoms with van der Waals surface area (Å²) in [5.41, 5.74) is 0. The van der Waals surface area contributed by atoms with Crippen molar-refractivity contribution in [2.45, 2.75) is 194 Å². The number of unbranched alkanes of at least 4 members (excludes halogenated alkanes) is 23. The number of rotatable bonds is 29. The molecule has 0 radical (unpaired) electrons. The van der Waals surface area contributed by atoms with Crippen LogP contribution in [0.3, 0.4) is 0 Å². The Labute approximate surface area is 214 Å². The highest BCUT2D eigenvalue weighted by Crippen LogP contribution is 2.15. The Hall–Kier alpha value is -0.660. The van der Waals surface area contributed by atoms with E-state index in [4.69, 9.17) is 0 Å². The second-order valence-electron chi connectivity index (χ2n) is 10.9. The Kier molecular flexibility index (Phi) is 28.0. The lowest BCUT2D eigenvalue weighted by Gasteiger charge is -2.04. The van der Waals surface area contributed by atoms with Gasteiger partial charge >= 0.3 is 0 Å². The third kappa shape index (κ3) is 27.6. The molecule has 0 atom stereocenters. The minimum atomic E-state index is 0.168. The van der Waals surface area contributed by atoms with E-state index in [0.29, 0.717) is 12.8 Å². The van der Waals surface area contributed by atoms with Crippen LogP contribution in [0.4, 0.5) is 0 Å². The lowest BCUT2D eigenvalue weighted by atomic mass is 10.0. The van der Waals surface area contributed by atoms with Crippen molar-refractivity contribution >= 4 is 11.6 Å². The van der Waals surface area contributed by atoms with E-state index in [2.05, 4.69) is 13.8 Å². The highest BCUT2D eigenvalue weighted by atomic mass is 16.1. The van der Waals surface area contributed by atoms with Crippen LogP contribution in [-0.2, 0) is 9.59 Å². The van der Waals surface area contributed by atoms with Gasteiger partial charge in [-0.1, -0.05) is 162 Å². The van der Waals surface area contributed by atoms with Crippen molar-refractivity contribution in [1.29, 1.82) is 0 Å². The van der Waals surface area contributed by atoms with Gasteiger partial charge in [-0.2, -0.15) is 0 Å². The fourth-order valence-electron chi connectivity index (χ4n) is 4.90. The first-order valence-electron chi connectivity index (χ1n) is 15.7. The molecule has 0 aliphatic carbocycles. The molecule has 0 aliphatic rings. The molecule has 34 heavy (non-hydrogen) atoms. The first kappa shape index (κ1) is 33.3. The smallest absolute Gasteiger partial charge is 0.140 e. The Morgan fingerprint density at radius 3 is 0.765 bits per heavy atom. The maximum Gasteiger partial charge on any atom is 0.140 e. The number of hydrogen-bond acceptors (Lipinski definition) is 2. The molecule has 202 valence electrons. The zero-order valence-corrected chi connectivity index (χ0v) is 23.6. The van der Waals surface area contributed by atoms with E-state index in [-0.39, 0.29) is 18.0 Å². The van der Waals surface area contributed by atoms with Crippen molar-refractivity contribution in [3.8, 4) is 0 Å². The highest BCUT2D eigenvalue weighted by molar-refractivity contribution is 5.98. The number of ketones is 2. The van der Waals surface area contributed by atoms with Crippen molar-refractivity contribution < 1.29 is 9.59 Å². The highest BCUT2D eigenvalue weighted by Gasteiger charge is 2.09. The van der Waals surface area contributed by atoms with E-state index in [1.165, 1.54) is 135 Å². The summed E-state index contributed by atoms with van der Waals surface area (Å²) < 4.78 is 0. The van der Waals surface area contributed by atoms with Gasteiger partial charge in [0.15, 0.2) is 0 Å². The molecule has 0 saturated carbocycles. The van der Waals surface area contributed by atoms with Crippen molar-refractivity contribution in [2.24, 2.45) is 0 Å². The molecule has 0 aromatic rings. The first-order valence-corrected chi connectivity index (χ1v) is 15.7. The lowest BCUT2D eigenvalue weighted by molar-refractivity contribution is -0.127. The van der Waals surface area contributed by atoms with Crippen molar-refractivity contribution in [1.82, 2.24) is 0 Å². The van der Waals surface area contributed by atoms with Crippen molar-refractivity contribution in [3.63, 3.8) is 0 Å². The summed E-state index contributed by atoms with van der Waals surface area (Å²) in [5, 5.41) is 0. The monoisotopic (exact) mass is 478 g/mol. The van der Waals surface area contributed by atoms with E-state index in [0.717, 1.165) is 25.7 Å². The molecule has 0 unspecified atom stereocenters. The Balaban J connectivity index is 3.24. The van der Waals surface area contributed by atoms with Crippen molar-refractivity contribution in [3.05, 3.63) is 0 Å². The van der Waals surface area contributed by atoms with Crippen LogP contribution in [-0.4, -0.2) is 11.6 Å². The molecule has 0 aliphatic heterocycles. The van der Waals surface area contributed by atoms with Gasteiger partial charge in [-0.05, 0) is 12.8 Å². The van der Waals surface area contributed by atoms with Gasteiger partial charge in [0.1, 0.15) is 11.6 Å². The number of Topliss-reactive ketones (excluding diaryl/α,β-unsaturated/α-hetero) is 2. The third-order valence-electron chi connectivity index (χ3n) is 7.26. The minimum absolute atomic E-state index is 0.168. The van der Waals surface area contributed by atoms with E-state index in [9.17, 15) is 9.59 Å². The second-order valence-corrected chi connectivity index (χ2v) is 10.9. The molecular weight excluding hydrogens is 416 g/mol. The van der Waals surface area contributed by atoms with Gasteiger partial charge in [0.2, 0.25) is 0 Å². The summed E-state index contributed by atoms with van der Waals surface area (Å²) in [6, 6.07) is 0. The SMILES string of the molecule is CCCCCCCCCCCCCCCCCCCCC(=O)CC(=O)CCCCCCCCC. The molecule has 0 aromatic carbocycles. The quantitative estimate of drug-likeness (QED) is 0.0791. The summed E-state index contributed by atoms with van der Waals surface area (Å²) in [5.74, 6) is 0.338. The summed E-state index contributed by atoms with van der Waals surface area (Å²) >= 11 is 0. The Bertz CT molecular complexity index is 429. The average Bonchev–Trinajstić information content (AvgIpc) is 2.82. The molecule has 0 amide bonds. The van der Waals surface area contributed by atoms with Gasteiger partial charge in [-0.15, -0.1) is 0 Å². The van der Waals surface area contributed by atoms with Gasteiger partial charge in [0, 0.05) is 12.8 Å². The summed E-state index contributed by atoms with van der Waals surface area (Å²) in [4.78, 5) is 24.0. The van der Waals surface area contributed by atoms with Crippen LogP contribution in [0.15, 0.2) is 0 Å².